The molecule has 2 aromatic rings. The molecule has 1 N–H and O–H groups in total. The van der Waals surface area contributed by atoms with Gasteiger partial charge in [0.2, 0.25) is 11.7 Å². The van der Waals surface area contributed by atoms with Gasteiger partial charge in [0.25, 0.3) is 11.7 Å². The Hall–Kier alpha value is -3.55. The Kier molecular flexibility index (Phi) is 5.45. The van der Waals surface area contributed by atoms with Crippen LogP contribution in [0.25, 0.3) is 0 Å². The van der Waals surface area contributed by atoms with Gasteiger partial charge < -0.3 is 19.5 Å². The fourth-order valence-corrected chi connectivity index (χ4v) is 3.41. The largest absolute Gasteiger partial charge is 0.493 e. The molecule has 0 fully saturated rings. The lowest BCUT2D eigenvalue weighted by Crippen LogP contribution is -2.37. The van der Waals surface area contributed by atoms with E-state index in [1.165, 1.54) is 27.4 Å². The van der Waals surface area contributed by atoms with Crippen LogP contribution in [0, 0.1) is 13.8 Å². The number of amides is 2. The summed E-state index contributed by atoms with van der Waals surface area (Å²) in [4.78, 5) is 39.0. The topological polar surface area (TPSA) is 94.2 Å². The van der Waals surface area contributed by atoms with E-state index >= 15 is 0 Å². The molecular formula is C21H22N2O6. The molecule has 0 bridgehead atoms. The summed E-state index contributed by atoms with van der Waals surface area (Å²) in [7, 11) is 4.20. The normalized spacial score (nSPS) is 12.7. The number of fused-ring (bicyclic) bond motifs is 1. The molecule has 1 heterocycles. The number of hydrogen-bond donors (Lipinski definition) is 1. The average Bonchev–Trinajstić information content (AvgIpc) is 2.93. The van der Waals surface area contributed by atoms with Crippen molar-refractivity contribution in [3.05, 3.63) is 41.0 Å². The standard InChI is InChI=1S/C21H22N2O6/c1-11-7-6-8-12(2)17(11)22-15(24)10-23-13-9-14(27-3)19(28-4)20(29-5)16(13)18(25)21(23)26/h6-9H,10H2,1-5H3,(H,22,24). The van der Waals surface area contributed by atoms with Gasteiger partial charge in [-0.25, -0.2) is 0 Å². The smallest absolute Gasteiger partial charge is 0.300 e. The van der Waals surface area contributed by atoms with Crippen molar-refractivity contribution in [3.63, 3.8) is 0 Å². The molecule has 0 saturated carbocycles. The third kappa shape index (κ3) is 3.37. The van der Waals surface area contributed by atoms with Crippen LogP contribution in [-0.4, -0.2) is 45.5 Å². The van der Waals surface area contributed by atoms with Crippen molar-refractivity contribution in [2.45, 2.75) is 13.8 Å². The molecular weight excluding hydrogens is 376 g/mol. The lowest BCUT2D eigenvalue weighted by Gasteiger charge is -2.20. The number of hydrogen-bond acceptors (Lipinski definition) is 6. The number of carbonyl (C=O) groups is 3. The zero-order valence-corrected chi connectivity index (χ0v) is 16.9. The van der Waals surface area contributed by atoms with Crippen LogP contribution in [0.15, 0.2) is 24.3 Å². The zero-order valence-electron chi connectivity index (χ0n) is 16.9. The Bertz CT molecular complexity index is 994. The molecule has 0 unspecified atom stereocenters. The first-order chi connectivity index (χ1) is 13.8. The molecule has 2 aromatic carbocycles. The van der Waals surface area contributed by atoms with E-state index in [4.69, 9.17) is 14.2 Å². The van der Waals surface area contributed by atoms with Gasteiger partial charge in [0.05, 0.1) is 32.6 Å². The van der Waals surface area contributed by atoms with Crippen molar-refractivity contribution in [2.75, 3.05) is 38.1 Å². The molecule has 1 aliphatic heterocycles. The van der Waals surface area contributed by atoms with E-state index in [-0.39, 0.29) is 35.0 Å². The van der Waals surface area contributed by atoms with E-state index in [2.05, 4.69) is 5.32 Å². The molecule has 8 nitrogen and oxygen atoms in total. The van der Waals surface area contributed by atoms with Gasteiger partial charge in [0.1, 0.15) is 6.54 Å². The third-order valence-electron chi connectivity index (χ3n) is 4.81. The Balaban J connectivity index is 1.98. The zero-order chi connectivity index (χ0) is 21.3. The maximum atomic E-state index is 12.7. The first-order valence-electron chi connectivity index (χ1n) is 8.89. The second-order valence-electron chi connectivity index (χ2n) is 6.57. The number of methoxy groups -OCH3 is 3. The monoisotopic (exact) mass is 398 g/mol. The van der Waals surface area contributed by atoms with Crippen molar-refractivity contribution in [1.82, 2.24) is 0 Å². The molecule has 29 heavy (non-hydrogen) atoms. The van der Waals surface area contributed by atoms with Gasteiger partial charge in [0.15, 0.2) is 11.5 Å². The summed E-state index contributed by atoms with van der Waals surface area (Å²) in [5, 5.41) is 2.82. The molecule has 152 valence electrons. The van der Waals surface area contributed by atoms with Crippen molar-refractivity contribution in [1.29, 1.82) is 0 Å². The van der Waals surface area contributed by atoms with Gasteiger partial charge in [-0.2, -0.15) is 0 Å². The molecule has 0 aliphatic carbocycles. The minimum Gasteiger partial charge on any atom is -0.493 e. The first-order valence-corrected chi connectivity index (χ1v) is 8.89. The summed E-state index contributed by atoms with van der Waals surface area (Å²) < 4.78 is 15.9. The van der Waals surface area contributed by atoms with Crippen LogP contribution in [0.2, 0.25) is 0 Å². The Morgan fingerprint density at radius 3 is 2.17 bits per heavy atom. The number of anilines is 2. The summed E-state index contributed by atoms with van der Waals surface area (Å²) >= 11 is 0. The van der Waals surface area contributed by atoms with Crippen LogP contribution in [0.1, 0.15) is 21.5 Å². The number of carbonyl (C=O) groups excluding carboxylic acids is 3. The molecule has 0 spiro atoms. The number of nitrogens with zero attached hydrogens (tertiary/aromatic N) is 1. The lowest BCUT2D eigenvalue weighted by molar-refractivity contribution is -0.118. The minimum atomic E-state index is -0.815. The van der Waals surface area contributed by atoms with Gasteiger partial charge in [0, 0.05) is 11.8 Å². The predicted octanol–water partition coefficient (Wildman–Crippen LogP) is 2.50. The van der Waals surface area contributed by atoms with Crippen molar-refractivity contribution in [3.8, 4) is 17.2 Å². The van der Waals surface area contributed by atoms with E-state index in [0.717, 1.165) is 16.0 Å². The highest BCUT2D eigenvalue weighted by atomic mass is 16.5. The fraction of sp³-hybridized carbons (Fsp3) is 0.286. The molecule has 0 aromatic heterocycles. The Morgan fingerprint density at radius 2 is 1.62 bits per heavy atom. The SMILES string of the molecule is COc1cc2c(c(OC)c1OC)C(=O)C(=O)N2CC(=O)Nc1c(C)cccc1C. The first kappa shape index (κ1) is 20.2. The van der Waals surface area contributed by atoms with Gasteiger partial charge >= 0.3 is 0 Å². The molecule has 1 aliphatic rings. The summed E-state index contributed by atoms with van der Waals surface area (Å²) in [5.41, 5.74) is 2.77. The molecule has 0 radical (unpaired) electrons. The highest BCUT2D eigenvalue weighted by Crippen LogP contribution is 2.47. The number of benzene rings is 2. The van der Waals surface area contributed by atoms with E-state index in [1.807, 2.05) is 32.0 Å². The number of para-hydroxylation sites is 1. The molecule has 2 amide bonds. The summed E-state index contributed by atoms with van der Waals surface area (Å²) in [6, 6.07) is 7.14. The van der Waals surface area contributed by atoms with Crippen LogP contribution in [-0.2, 0) is 9.59 Å². The Labute approximate surface area is 168 Å². The van der Waals surface area contributed by atoms with Crippen LogP contribution >= 0.6 is 0 Å². The number of Topliss-reactive ketones (excluding diaryl/α,β-unsaturated/α-hetero) is 1. The molecule has 8 heteroatoms. The summed E-state index contributed by atoms with van der Waals surface area (Å²) in [6.45, 7) is 3.43. The minimum absolute atomic E-state index is 0.0509. The van der Waals surface area contributed by atoms with Crippen molar-refractivity contribution in [2.24, 2.45) is 0 Å². The lowest BCUT2D eigenvalue weighted by atomic mass is 10.1. The highest BCUT2D eigenvalue weighted by molar-refractivity contribution is 6.53. The van der Waals surface area contributed by atoms with E-state index in [1.54, 1.807) is 0 Å². The van der Waals surface area contributed by atoms with Gasteiger partial charge in [-0.15, -0.1) is 0 Å². The molecule has 0 atom stereocenters. The van der Waals surface area contributed by atoms with E-state index < -0.39 is 17.6 Å². The average molecular weight is 398 g/mol. The number of aryl methyl sites for hydroxylation is 2. The second kappa shape index (κ2) is 7.83. The molecule has 3 rings (SSSR count). The molecule has 0 saturated heterocycles. The van der Waals surface area contributed by atoms with E-state index in [9.17, 15) is 14.4 Å². The van der Waals surface area contributed by atoms with Gasteiger partial charge in [-0.3, -0.25) is 19.3 Å². The summed E-state index contributed by atoms with van der Waals surface area (Å²) in [6.07, 6.45) is 0. The van der Waals surface area contributed by atoms with E-state index in [0.29, 0.717) is 5.69 Å². The quantitative estimate of drug-likeness (QED) is 0.752. The van der Waals surface area contributed by atoms with Crippen molar-refractivity contribution >= 4 is 29.0 Å². The van der Waals surface area contributed by atoms with Gasteiger partial charge in [-0.1, -0.05) is 18.2 Å². The maximum Gasteiger partial charge on any atom is 0.300 e. The van der Waals surface area contributed by atoms with Crippen LogP contribution in [0.5, 0.6) is 17.2 Å². The summed E-state index contributed by atoms with van der Waals surface area (Å²) in [5.74, 6) is -1.42. The van der Waals surface area contributed by atoms with Crippen molar-refractivity contribution < 1.29 is 28.6 Å². The van der Waals surface area contributed by atoms with Crippen LogP contribution < -0.4 is 24.4 Å². The number of ether oxygens (including phenoxy) is 3. The predicted molar refractivity (Wildman–Crippen MR) is 107 cm³/mol. The number of nitrogens with one attached hydrogen (secondary N) is 1. The second-order valence-corrected chi connectivity index (χ2v) is 6.57. The van der Waals surface area contributed by atoms with Crippen LogP contribution in [0.3, 0.4) is 0 Å². The fourth-order valence-electron chi connectivity index (χ4n) is 3.41. The van der Waals surface area contributed by atoms with Crippen LogP contribution in [0.4, 0.5) is 11.4 Å². The Morgan fingerprint density at radius 1 is 1.00 bits per heavy atom. The van der Waals surface area contributed by atoms with Gasteiger partial charge in [-0.05, 0) is 25.0 Å². The number of ketones is 1. The third-order valence-corrected chi connectivity index (χ3v) is 4.81. The maximum absolute atomic E-state index is 12.7. The highest BCUT2D eigenvalue weighted by Gasteiger charge is 2.42. The number of rotatable bonds is 6.